The summed E-state index contributed by atoms with van der Waals surface area (Å²) in [6, 6.07) is 48.1. The van der Waals surface area contributed by atoms with E-state index in [1.165, 1.54) is 49.1 Å². The summed E-state index contributed by atoms with van der Waals surface area (Å²) in [6.45, 7) is 1.52. The van der Waals surface area contributed by atoms with Crippen LogP contribution in [0.3, 0.4) is 0 Å². The zero-order chi connectivity index (χ0) is 61.1. The highest BCUT2D eigenvalue weighted by Crippen LogP contribution is 2.47. The van der Waals surface area contributed by atoms with E-state index in [1.54, 1.807) is 18.1 Å². The lowest BCUT2D eigenvalue weighted by Gasteiger charge is -2.45. The molecule has 2 aliphatic heterocycles. The van der Waals surface area contributed by atoms with E-state index in [0.717, 1.165) is 99.5 Å². The molecule has 0 N–H and O–H groups in total. The Balaban J connectivity index is 0.000000224. The third-order valence-corrected chi connectivity index (χ3v) is 19.6. The van der Waals surface area contributed by atoms with Crippen LogP contribution < -0.4 is 0 Å². The van der Waals surface area contributed by atoms with Gasteiger partial charge in [-0.15, -0.1) is 0 Å². The number of methoxy groups -OCH3 is 3. The summed E-state index contributed by atoms with van der Waals surface area (Å²) < 4.78 is 27.0. The number of hydrogen-bond donors (Lipinski definition) is 0. The maximum atomic E-state index is 12.8. The Morgan fingerprint density at radius 1 is 0.570 bits per heavy atom. The molecule has 2 aliphatic carbocycles. The number of hydrogen-bond acceptors (Lipinski definition) is 15. The third-order valence-electron chi connectivity index (χ3n) is 17.9. The highest BCUT2D eigenvalue weighted by atomic mass is 35.5. The van der Waals surface area contributed by atoms with Gasteiger partial charge in [-0.1, -0.05) is 151 Å². The molecule has 2 fully saturated rings. The van der Waals surface area contributed by atoms with Gasteiger partial charge in [0.2, 0.25) is 11.4 Å². The van der Waals surface area contributed by atoms with Gasteiger partial charge in [-0.05, 0) is 162 Å². The van der Waals surface area contributed by atoms with Crippen molar-refractivity contribution in [2.24, 2.45) is 33.7 Å². The molecular weight excluding hydrogens is 1140 g/mol. The molecule has 0 bridgehead atoms. The van der Waals surface area contributed by atoms with Crippen molar-refractivity contribution in [2.45, 2.75) is 125 Å². The van der Waals surface area contributed by atoms with E-state index >= 15 is 0 Å². The summed E-state index contributed by atoms with van der Waals surface area (Å²) in [6.07, 6.45) is 13.7. The van der Waals surface area contributed by atoms with Gasteiger partial charge in [0.25, 0.3) is 0 Å². The lowest BCUT2D eigenvalue weighted by Crippen LogP contribution is -2.55. The molecule has 5 aromatic rings. The highest BCUT2D eigenvalue weighted by Gasteiger charge is 2.54. The first kappa shape index (κ1) is 65.9. The first-order valence-electron chi connectivity index (χ1n) is 30.4. The lowest BCUT2D eigenvalue weighted by molar-refractivity contribution is -0.143. The van der Waals surface area contributed by atoms with Crippen LogP contribution >= 0.6 is 35.0 Å². The molecular formula is C69H88Cl2N6O8S. The van der Waals surface area contributed by atoms with Gasteiger partial charge >= 0.3 is 18.3 Å². The van der Waals surface area contributed by atoms with Crippen molar-refractivity contribution < 1.29 is 38.1 Å². The van der Waals surface area contributed by atoms with Crippen LogP contribution in [-0.2, 0) is 47.1 Å². The lowest BCUT2D eigenvalue weighted by atomic mass is 9.72. The normalized spacial score (nSPS) is 24.2. The Labute approximate surface area is 524 Å². The predicted octanol–water partition coefficient (Wildman–Crippen LogP) is 14.6. The average Bonchev–Trinajstić information content (AvgIpc) is 1.79. The molecule has 17 heteroatoms. The summed E-state index contributed by atoms with van der Waals surface area (Å²) in [5, 5.41) is 1.51. The van der Waals surface area contributed by atoms with Crippen LogP contribution in [0, 0.1) is 23.7 Å². The van der Waals surface area contributed by atoms with Crippen molar-refractivity contribution in [3.63, 3.8) is 0 Å². The number of aliphatic imine (C=N–C) groups is 2. The van der Waals surface area contributed by atoms with Gasteiger partial charge in [-0.2, -0.15) is 11.8 Å². The van der Waals surface area contributed by atoms with E-state index in [9.17, 15) is 14.4 Å². The van der Waals surface area contributed by atoms with Crippen LogP contribution in [0.15, 0.2) is 150 Å². The summed E-state index contributed by atoms with van der Waals surface area (Å²) in [5.74, 6) is 2.81. The molecule has 2 heterocycles. The molecule has 5 aromatic carbocycles. The molecule has 86 heavy (non-hydrogen) atoms. The summed E-state index contributed by atoms with van der Waals surface area (Å²) >= 11 is 14.1. The van der Waals surface area contributed by atoms with E-state index in [4.69, 9.17) is 56.9 Å². The van der Waals surface area contributed by atoms with Crippen LogP contribution in [0.4, 0.5) is 9.59 Å². The second-order valence-corrected chi connectivity index (χ2v) is 25.7. The van der Waals surface area contributed by atoms with Gasteiger partial charge < -0.3 is 43.3 Å². The van der Waals surface area contributed by atoms with Gasteiger partial charge in [-0.3, -0.25) is 4.79 Å². The zero-order valence-electron chi connectivity index (χ0n) is 51.2. The largest absolute Gasteiger partial charge is 0.510 e. The molecule has 0 radical (unpaired) electrons. The minimum atomic E-state index is -1.22. The van der Waals surface area contributed by atoms with Gasteiger partial charge in [0.05, 0.1) is 58.3 Å². The van der Waals surface area contributed by atoms with E-state index in [0.29, 0.717) is 41.5 Å². The molecule has 462 valence electrons. The van der Waals surface area contributed by atoms with Crippen LogP contribution in [0.2, 0.25) is 10.0 Å². The molecule has 0 aromatic heterocycles. The fourth-order valence-electron chi connectivity index (χ4n) is 13.7. The Morgan fingerprint density at radius 2 is 1.01 bits per heavy atom. The quantitative estimate of drug-likeness (QED) is 0.0429. The smallest absolute Gasteiger partial charge is 0.469 e. The van der Waals surface area contributed by atoms with Crippen molar-refractivity contribution in [1.82, 2.24) is 19.6 Å². The SMILES string of the molecule is COC(=O)CCC1(OC(=O)OC)N=CN(CCc2ccccc2)C1CC1CCC(C(c2ccc(Cl)cc2)N(C)C)CC1.COC(=O)OC1(CSCc2ccccc2)N=CN(CCc2ccccc2)C1C1CCC(C(c2ccc(Cl)cc2)N(C)C)CC1. The molecule has 14 nitrogen and oxygen atoms in total. The van der Waals surface area contributed by atoms with Gasteiger partial charge in [0.15, 0.2) is 0 Å². The molecule has 6 atom stereocenters. The number of carbonyl (C=O) groups is 3. The van der Waals surface area contributed by atoms with Crippen molar-refractivity contribution in [3.8, 4) is 0 Å². The molecule has 0 spiro atoms. The third kappa shape index (κ3) is 17.8. The van der Waals surface area contributed by atoms with Crippen molar-refractivity contribution in [2.75, 3.05) is 68.4 Å². The van der Waals surface area contributed by atoms with E-state index < -0.39 is 23.8 Å². The molecule has 6 unspecified atom stereocenters. The second kappa shape index (κ2) is 32.2. The van der Waals surface area contributed by atoms with Crippen molar-refractivity contribution >= 4 is 65.9 Å². The van der Waals surface area contributed by atoms with E-state index in [-0.39, 0.29) is 30.9 Å². The number of nitrogens with zero attached hydrogens (tertiary/aromatic N) is 6. The number of ether oxygens (including phenoxy) is 5. The molecule has 0 saturated heterocycles. The van der Waals surface area contributed by atoms with Crippen LogP contribution in [0.1, 0.15) is 111 Å². The number of carbonyl (C=O) groups excluding carboxylic acids is 3. The van der Waals surface area contributed by atoms with E-state index in [1.807, 2.05) is 60.9 Å². The summed E-state index contributed by atoms with van der Waals surface area (Å²) in [4.78, 5) is 56.4. The fourth-order valence-corrected chi connectivity index (χ4v) is 15.1. The highest BCUT2D eigenvalue weighted by molar-refractivity contribution is 7.98. The minimum Gasteiger partial charge on any atom is -0.469 e. The Kier molecular flexibility index (Phi) is 24.7. The predicted molar refractivity (Wildman–Crippen MR) is 346 cm³/mol. The Bertz CT molecular complexity index is 2930. The molecule has 9 rings (SSSR count). The summed E-state index contributed by atoms with van der Waals surface area (Å²) in [7, 11) is 12.7. The molecule has 4 aliphatic rings. The minimum absolute atomic E-state index is 0.0668. The Hall–Kier alpha value is -6.10. The fraction of sp³-hybridized carbons (Fsp3) is 0.493. The number of halogens is 2. The number of benzene rings is 5. The first-order chi connectivity index (χ1) is 41.6. The summed E-state index contributed by atoms with van der Waals surface area (Å²) in [5.41, 5.74) is 4.10. The van der Waals surface area contributed by atoms with Gasteiger partial charge in [0, 0.05) is 47.4 Å². The molecule has 2 saturated carbocycles. The number of esters is 1. The first-order valence-corrected chi connectivity index (χ1v) is 32.3. The monoisotopic (exact) mass is 1230 g/mol. The maximum absolute atomic E-state index is 12.8. The van der Waals surface area contributed by atoms with Gasteiger partial charge in [0.1, 0.15) is 0 Å². The average molecular weight is 1230 g/mol. The maximum Gasteiger partial charge on any atom is 0.510 e. The second-order valence-electron chi connectivity index (χ2n) is 23.9. The number of rotatable bonds is 24. The topological polar surface area (TPSA) is 135 Å². The molecule has 0 amide bonds. The van der Waals surface area contributed by atoms with E-state index in [2.05, 4.69) is 133 Å². The van der Waals surface area contributed by atoms with Crippen LogP contribution in [0.5, 0.6) is 0 Å². The Morgan fingerprint density at radius 3 is 1.49 bits per heavy atom. The van der Waals surface area contributed by atoms with Crippen molar-refractivity contribution in [1.29, 1.82) is 0 Å². The van der Waals surface area contributed by atoms with Crippen LogP contribution in [0.25, 0.3) is 0 Å². The van der Waals surface area contributed by atoms with Crippen LogP contribution in [-0.4, -0.2) is 142 Å². The van der Waals surface area contributed by atoms with Gasteiger partial charge in [-0.25, -0.2) is 19.6 Å². The number of thioether (sulfide) groups is 1. The zero-order valence-corrected chi connectivity index (χ0v) is 53.5. The standard InChI is InChI=1S/C36H44ClN3O3S.C33H44ClN3O5/c1-39(2)33(30-18-20-32(37)21-19-30)29-14-16-31(17-15-29)34-36(43-35(41)42-3,25-44-24-28-12-8-5-9-13-28)38-26-40(34)23-22-27-10-6-4-7-11-27;1-36(2)31(27-14-16-28(34)17-15-27)26-12-10-25(11-13-26)22-29-33(42-32(39)41-4,20-18-30(38)40-3)35-23-37(29)21-19-24-8-6-5-7-9-24/h4-13,18-21,26,29,31,33-34H,14-17,22-25H2,1-3H3;5-9,14-17,23,25-26,29,31H,10-13,18-22H2,1-4H3. The van der Waals surface area contributed by atoms with Crippen molar-refractivity contribution in [3.05, 3.63) is 177 Å².